The van der Waals surface area contributed by atoms with Crippen LogP contribution in [0, 0.1) is 11.8 Å². The van der Waals surface area contributed by atoms with Gasteiger partial charge in [-0.15, -0.1) is 15.3 Å². The number of nitrogens with two attached hydrogens (primary N) is 1. The van der Waals surface area contributed by atoms with Gasteiger partial charge in [0.2, 0.25) is 0 Å². The quantitative estimate of drug-likeness (QED) is 0.305. The molecule has 4 rings (SSSR count). The average Bonchev–Trinajstić information content (AvgIpc) is 3.24. The Bertz CT molecular complexity index is 1410. The summed E-state index contributed by atoms with van der Waals surface area (Å²) in [6.07, 6.45) is 1.02. The molecule has 172 valence electrons. The van der Waals surface area contributed by atoms with E-state index in [-0.39, 0.29) is 23.8 Å². The number of aromatic nitrogens is 6. The minimum atomic E-state index is -0.788. The number of carbonyl (C=O) groups excluding carboxylic acids is 1. The zero-order chi connectivity index (χ0) is 24.1. The smallest absolute Gasteiger partial charge is 0.274 e. The Morgan fingerprint density at radius 1 is 1.29 bits per heavy atom. The van der Waals surface area contributed by atoms with Crippen molar-refractivity contribution in [1.29, 1.82) is 0 Å². The summed E-state index contributed by atoms with van der Waals surface area (Å²) in [5.41, 5.74) is 7.24. The molecular formula is C22H20ClN9O2. The van der Waals surface area contributed by atoms with Gasteiger partial charge < -0.3 is 21.5 Å². The monoisotopic (exact) mass is 477 g/mol. The van der Waals surface area contributed by atoms with Gasteiger partial charge in [0.25, 0.3) is 5.91 Å². The first-order valence-electron chi connectivity index (χ1n) is 10.3. The van der Waals surface area contributed by atoms with Crippen LogP contribution in [0.25, 0.3) is 5.65 Å². The number of amides is 1. The van der Waals surface area contributed by atoms with Gasteiger partial charge in [0.15, 0.2) is 28.8 Å². The molecule has 1 aromatic carbocycles. The lowest BCUT2D eigenvalue weighted by molar-refractivity contribution is 0.0945. The highest BCUT2D eigenvalue weighted by molar-refractivity contribution is 6.30. The Morgan fingerprint density at radius 3 is 2.94 bits per heavy atom. The van der Waals surface area contributed by atoms with Crippen molar-refractivity contribution in [2.75, 3.05) is 11.1 Å². The second-order valence-corrected chi connectivity index (χ2v) is 7.54. The predicted octanol–water partition coefficient (Wildman–Crippen LogP) is 1.95. The lowest BCUT2D eigenvalue weighted by Gasteiger charge is -2.08. The molecule has 12 heteroatoms. The van der Waals surface area contributed by atoms with E-state index in [0.29, 0.717) is 28.7 Å². The molecule has 4 aromatic rings. The van der Waals surface area contributed by atoms with Crippen molar-refractivity contribution >= 4 is 40.5 Å². The number of aliphatic hydroxyl groups is 1. The van der Waals surface area contributed by atoms with E-state index in [4.69, 9.17) is 17.3 Å². The van der Waals surface area contributed by atoms with Gasteiger partial charge in [-0.1, -0.05) is 30.5 Å². The fraction of sp³-hybridized carbons (Fsp3) is 0.182. The number of rotatable bonds is 6. The van der Waals surface area contributed by atoms with Crippen LogP contribution in [0.3, 0.4) is 0 Å². The summed E-state index contributed by atoms with van der Waals surface area (Å²) in [7, 11) is 0. The van der Waals surface area contributed by atoms with Crippen molar-refractivity contribution in [2.24, 2.45) is 0 Å². The summed E-state index contributed by atoms with van der Waals surface area (Å²) in [6.45, 7) is 1.81. The molecule has 0 aliphatic heterocycles. The third kappa shape index (κ3) is 5.37. The third-order valence-electron chi connectivity index (χ3n) is 4.60. The standard InChI is InChI=1S/C22H20ClN9O2/c1-2-16(33)7-6-15-11-25-21(24)20(28-15)22(34)26-12-19-30-29-18-9-8-17(31-32(18)19)27-14-5-3-4-13(23)10-14/h3-5,8-11,16,33H,2,12H2,1H3,(H2,24,25)(H,26,34)(H,27,31). The number of aliphatic hydroxyl groups excluding tert-OH is 1. The first-order chi connectivity index (χ1) is 16.4. The summed E-state index contributed by atoms with van der Waals surface area (Å²) in [6, 6.07) is 10.7. The molecule has 0 saturated heterocycles. The largest absolute Gasteiger partial charge is 0.382 e. The maximum absolute atomic E-state index is 12.7. The van der Waals surface area contributed by atoms with Crippen molar-refractivity contribution in [1.82, 2.24) is 35.1 Å². The normalized spacial score (nSPS) is 11.5. The van der Waals surface area contributed by atoms with E-state index in [2.05, 4.69) is 47.7 Å². The average molecular weight is 478 g/mol. The van der Waals surface area contributed by atoms with Gasteiger partial charge in [-0.25, -0.2) is 9.97 Å². The lowest BCUT2D eigenvalue weighted by Crippen LogP contribution is -2.26. The summed E-state index contributed by atoms with van der Waals surface area (Å²) in [5.74, 6) is 5.63. The van der Waals surface area contributed by atoms with Gasteiger partial charge in [0, 0.05) is 10.7 Å². The zero-order valence-corrected chi connectivity index (χ0v) is 18.8. The molecule has 0 bridgehead atoms. The van der Waals surface area contributed by atoms with Crippen LogP contribution in [0.2, 0.25) is 5.02 Å². The number of fused-ring (bicyclic) bond motifs is 1. The summed E-state index contributed by atoms with van der Waals surface area (Å²) in [4.78, 5) is 20.8. The van der Waals surface area contributed by atoms with Crippen molar-refractivity contribution in [3.63, 3.8) is 0 Å². The molecule has 3 aromatic heterocycles. The summed E-state index contributed by atoms with van der Waals surface area (Å²) in [5, 5.41) is 28.7. The van der Waals surface area contributed by atoms with E-state index in [0.717, 1.165) is 5.69 Å². The number of nitrogens with one attached hydrogen (secondary N) is 2. The molecule has 1 atom stereocenters. The number of hydrogen-bond donors (Lipinski definition) is 4. The Morgan fingerprint density at radius 2 is 2.15 bits per heavy atom. The van der Waals surface area contributed by atoms with Crippen LogP contribution in [0.5, 0.6) is 0 Å². The van der Waals surface area contributed by atoms with Crippen molar-refractivity contribution < 1.29 is 9.90 Å². The third-order valence-corrected chi connectivity index (χ3v) is 4.84. The van der Waals surface area contributed by atoms with E-state index in [1.54, 1.807) is 31.2 Å². The van der Waals surface area contributed by atoms with E-state index >= 15 is 0 Å². The highest BCUT2D eigenvalue weighted by Crippen LogP contribution is 2.19. The van der Waals surface area contributed by atoms with Crippen molar-refractivity contribution in [2.45, 2.75) is 26.0 Å². The van der Waals surface area contributed by atoms with Crippen molar-refractivity contribution in [3.05, 3.63) is 64.8 Å². The number of nitrogens with zero attached hydrogens (tertiary/aromatic N) is 6. The summed E-state index contributed by atoms with van der Waals surface area (Å²) >= 11 is 6.03. The van der Waals surface area contributed by atoms with Gasteiger partial charge in [-0.3, -0.25) is 4.79 Å². The van der Waals surface area contributed by atoms with Crippen molar-refractivity contribution in [3.8, 4) is 11.8 Å². The molecule has 0 fully saturated rings. The highest BCUT2D eigenvalue weighted by atomic mass is 35.5. The Kier molecular flexibility index (Phi) is 6.82. The molecule has 0 aliphatic rings. The lowest BCUT2D eigenvalue weighted by atomic mass is 10.2. The van der Waals surface area contributed by atoms with E-state index in [1.165, 1.54) is 10.7 Å². The summed E-state index contributed by atoms with van der Waals surface area (Å²) < 4.78 is 1.51. The van der Waals surface area contributed by atoms with Gasteiger partial charge >= 0.3 is 0 Å². The van der Waals surface area contributed by atoms with E-state index < -0.39 is 12.0 Å². The van der Waals surface area contributed by atoms with Gasteiger partial charge in [-0.2, -0.15) is 4.52 Å². The number of anilines is 3. The van der Waals surface area contributed by atoms with Gasteiger partial charge in [0.05, 0.1) is 12.7 Å². The first-order valence-corrected chi connectivity index (χ1v) is 10.6. The molecule has 5 N–H and O–H groups in total. The zero-order valence-electron chi connectivity index (χ0n) is 18.0. The fourth-order valence-electron chi connectivity index (χ4n) is 2.85. The predicted molar refractivity (Wildman–Crippen MR) is 126 cm³/mol. The number of halogens is 1. The minimum absolute atomic E-state index is 0.0131. The van der Waals surface area contributed by atoms with Crippen LogP contribution in [-0.2, 0) is 6.54 Å². The maximum atomic E-state index is 12.7. The molecule has 3 heterocycles. The van der Waals surface area contributed by atoms with Crippen LogP contribution in [-0.4, -0.2) is 46.9 Å². The van der Waals surface area contributed by atoms with E-state index in [9.17, 15) is 9.90 Å². The highest BCUT2D eigenvalue weighted by Gasteiger charge is 2.16. The Labute approximate surface area is 199 Å². The second kappa shape index (κ2) is 10.1. The molecule has 11 nitrogen and oxygen atoms in total. The van der Waals surface area contributed by atoms with Crippen LogP contribution >= 0.6 is 11.6 Å². The Hall–Kier alpha value is -4.27. The number of nitrogen functional groups attached to an aromatic ring is 1. The molecule has 0 spiro atoms. The van der Waals surface area contributed by atoms with Crippen LogP contribution in [0.15, 0.2) is 42.6 Å². The van der Waals surface area contributed by atoms with Crippen LogP contribution in [0.4, 0.5) is 17.3 Å². The van der Waals surface area contributed by atoms with Crippen LogP contribution in [0.1, 0.15) is 35.4 Å². The van der Waals surface area contributed by atoms with Gasteiger partial charge in [0.1, 0.15) is 11.8 Å². The molecule has 1 amide bonds. The molecule has 1 unspecified atom stereocenters. The van der Waals surface area contributed by atoms with E-state index in [1.807, 2.05) is 12.1 Å². The molecular weight excluding hydrogens is 458 g/mol. The number of carbonyl (C=O) groups is 1. The Balaban J connectivity index is 1.50. The first kappa shape index (κ1) is 22.9. The van der Waals surface area contributed by atoms with Crippen LogP contribution < -0.4 is 16.4 Å². The molecule has 0 saturated carbocycles. The number of hydrogen-bond acceptors (Lipinski definition) is 9. The number of benzene rings is 1. The molecule has 0 aliphatic carbocycles. The maximum Gasteiger partial charge on any atom is 0.274 e. The minimum Gasteiger partial charge on any atom is -0.382 e. The molecule has 34 heavy (non-hydrogen) atoms. The van der Waals surface area contributed by atoms with Gasteiger partial charge in [-0.05, 0) is 42.7 Å². The SMILES string of the molecule is CCC(O)C#Cc1cnc(N)c(C(=O)NCc2nnc3ccc(Nc4cccc(Cl)c4)nn23)n1. The second-order valence-electron chi connectivity index (χ2n) is 7.11. The molecule has 0 radical (unpaired) electrons. The topological polar surface area (TPSA) is 156 Å². The fourth-order valence-corrected chi connectivity index (χ4v) is 3.04.